The number of furan rings is 1. The number of hydrogen-bond donors (Lipinski definition) is 1. The Labute approximate surface area is 108 Å². The molecule has 0 amide bonds. The van der Waals surface area contributed by atoms with Crippen LogP contribution in [0, 0.1) is 6.92 Å². The van der Waals surface area contributed by atoms with Crippen molar-refractivity contribution in [3.05, 3.63) is 42.1 Å². The van der Waals surface area contributed by atoms with Crippen LogP contribution in [0.5, 0.6) is 0 Å². The fourth-order valence-corrected chi connectivity index (χ4v) is 1.93. The maximum absolute atomic E-state index is 5.32. The number of nitrogens with zero attached hydrogens (tertiary/aromatic N) is 2. The molecule has 0 aliphatic carbocycles. The van der Waals surface area contributed by atoms with Crippen LogP contribution < -0.4 is 5.32 Å². The van der Waals surface area contributed by atoms with Crippen LogP contribution >= 0.6 is 0 Å². The monoisotopic (exact) mass is 247 g/mol. The maximum Gasteiger partial charge on any atom is 0.103 e. The third kappa shape index (κ3) is 4.04. The molecule has 2 heterocycles. The summed E-state index contributed by atoms with van der Waals surface area (Å²) in [6.45, 7) is 6.12. The maximum atomic E-state index is 5.32. The lowest BCUT2D eigenvalue weighted by Gasteiger charge is -2.12. The molecular formula is C14H21N3O. The standard InChI is InChI=1S/C14H21N3O/c1-12-10-16-17(11-12)8-7-15-13(2)5-6-14-4-3-9-18-14/h3-4,9-11,13,15H,5-8H2,1-2H3. The molecule has 0 aliphatic heterocycles. The predicted molar refractivity (Wildman–Crippen MR) is 71.5 cm³/mol. The summed E-state index contributed by atoms with van der Waals surface area (Å²) in [7, 11) is 0. The van der Waals surface area contributed by atoms with E-state index in [0.29, 0.717) is 6.04 Å². The van der Waals surface area contributed by atoms with Gasteiger partial charge in [-0.25, -0.2) is 0 Å². The Morgan fingerprint density at radius 2 is 2.39 bits per heavy atom. The van der Waals surface area contributed by atoms with Crippen molar-refractivity contribution in [2.45, 2.75) is 39.3 Å². The van der Waals surface area contributed by atoms with Gasteiger partial charge in [0.25, 0.3) is 0 Å². The van der Waals surface area contributed by atoms with Crippen molar-refractivity contribution in [1.29, 1.82) is 0 Å². The molecule has 4 heteroatoms. The van der Waals surface area contributed by atoms with Gasteiger partial charge in [0.1, 0.15) is 5.76 Å². The van der Waals surface area contributed by atoms with Gasteiger partial charge in [-0.2, -0.15) is 5.10 Å². The van der Waals surface area contributed by atoms with Crippen LogP contribution in [0.3, 0.4) is 0 Å². The minimum absolute atomic E-state index is 0.492. The van der Waals surface area contributed by atoms with E-state index in [-0.39, 0.29) is 0 Å². The van der Waals surface area contributed by atoms with Gasteiger partial charge in [-0.15, -0.1) is 0 Å². The van der Waals surface area contributed by atoms with Crippen LogP contribution in [-0.2, 0) is 13.0 Å². The Balaban J connectivity index is 1.61. The number of nitrogens with one attached hydrogen (secondary N) is 1. The molecule has 2 aromatic heterocycles. The van der Waals surface area contributed by atoms with E-state index in [1.54, 1.807) is 6.26 Å². The lowest BCUT2D eigenvalue weighted by molar-refractivity contribution is 0.446. The first kappa shape index (κ1) is 12.9. The highest BCUT2D eigenvalue weighted by Crippen LogP contribution is 2.05. The molecule has 18 heavy (non-hydrogen) atoms. The highest BCUT2D eigenvalue weighted by molar-refractivity contribution is 4.99. The molecule has 0 fully saturated rings. The van der Waals surface area contributed by atoms with Crippen molar-refractivity contribution in [3.63, 3.8) is 0 Å². The zero-order valence-corrected chi connectivity index (χ0v) is 11.1. The smallest absolute Gasteiger partial charge is 0.103 e. The van der Waals surface area contributed by atoms with Gasteiger partial charge in [-0.3, -0.25) is 4.68 Å². The van der Waals surface area contributed by atoms with Gasteiger partial charge in [0.2, 0.25) is 0 Å². The SMILES string of the molecule is Cc1cnn(CCNC(C)CCc2ccco2)c1. The van der Waals surface area contributed by atoms with Crippen LogP contribution in [0.25, 0.3) is 0 Å². The van der Waals surface area contributed by atoms with E-state index >= 15 is 0 Å². The summed E-state index contributed by atoms with van der Waals surface area (Å²) >= 11 is 0. The van der Waals surface area contributed by atoms with E-state index < -0.39 is 0 Å². The van der Waals surface area contributed by atoms with Gasteiger partial charge in [-0.1, -0.05) is 0 Å². The average molecular weight is 247 g/mol. The summed E-state index contributed by atoms with van der Waals surface area (Å²) in [6.07, 6.45) is 7.76. The molecule has 0 aromatic carbocycles. The third-order valence-corrected chi connectivity index (χ3v) is 3.00. The average Bonchev–Trinajstić information content (AvgIpc) is 2.98. The van der Waals surface area contributed by atoms with Crippen molar-refractivity contribution in [3.8, 4) is 0 Å². The number of hydrogen-bond acceptors (Lipinski definition) is 3. The number of rotatable bonds is 7. The summed E-state index contributed by atoms with van der Waals surface area (Å²) in [5.74, 6) is 1.06. The fraction of sp³-hybridized carbons (Fsp3) is 0.500. The van der Waals surface area contributed by atoms with Crippen LogP contribution in [-0.4, -0.2) is 22.4 Å². The minimum Gasteiger partial charge on any atom is -0.469 e. The van der Waals surface area contributed by atoms with E-state index in [4.69, 9.17) is 4.42 Å². The van der Waals surface area contributed by atoms with E-state index in [9.17, 15) is 0 Å². The van der Waals surface area contributed by atoms with Gasteiger partial charge in [-0.05, 0) is 38.0 Å². The third-order valence-electron chi connectivity index (χ3n) is 3.00. The quantitative estimate of drug-likeness (QED) is 0.817. The Bertz CT molecular complexity index is 447. The highest BCUT2D eigenvalue weighted by Gasteiger charge is 2.03. The zero-order chi connectivity index (χ0) is 12.8. The topological polar surface area (TPSA) is 43.0 Å². The predicted octanol–water partition coefficient (Wildman–Crippen LogP) is 2.40. The summed E-state index contributed by atoms with van der Waals surface area (Å²) in [4.78, 5) is 0. The molecule has 0 aliphatic rings. The second-order valence-electron chi connectivity index (χ2n) is 4.75. The molecule has 4 nitrogen and oxygen atoms in total. The first-order valence-electron chi connectivity index (χ1n) is 6.49. The molecule has 1 unspecified atom stereocenters. The molecule has 2 aromatic rings. The molecule has 0 radical (unpaired) electrons. The lowest BCUT2D eigenvalue weighted by atomic mass is 10.1. The van der Waals surface area contributed by atoms with Gasteiger partial charge in [0, 0.05) is 25.2 Å². The van der Waals surface area contributed by atoms with Crippen LogP contribution in [0.2, 0.25) is 0 Å². The van der Waals surface area contributed by atoms with Crippen molar-refractivity contribution in [2.75, 3.05) is 6.54 Å². The van der Waals surface area contributed by atoms with Crippen LogP contribution in [0.1, 0.15) is 24.7 Å². The summed E-state index contributed by atoms with van der Waals surface area (Å²) in [5, 5.41) is 7.76. The van der Waals surface area contributed by atoms with Crippen molar-refractivity contribution >= 4 is 0 Å². The summed E-state index contributed by atoms with van der Waals surface area (Å²) in [6, 6.07) is 4.46. The van der Waals surface area contributed by atoms with Crippen molar-refractivity contribution in [2.24, 2.45) is 0 Å². The largest absolute Gasteiger partial charge is 0.469 e. The highest BCUT2D eigenvalue weighted by atomic mass is 16.3. The Kier molecular flexibility index (Phi) is 4.59. The molecule has 2 rings (SSSR count). The molecule has 0 saturated carbocycles. The van der Waals surface area contributed by atoms with E-state index in [2.05, 4.69) is 30.5 Å². The van der Waals surface area contributed by atoms with Crippen molar-refractivity contribution < 1.29 is 4.42 Å². The lowest BCUT2D eigenvalue weighted by Crippen LogP contribution is -2.29. The van der Waals surface area contributed by atoms with E-state index in [1.165, 1.54) is 5.56 Å². The molecule has 0 saturated heterocycles. The number of aryl methyl sites for hydroxylation is 2. The van der Waals surface area contributed by atoms with Gasteiger partial charge < -0.3 is 9.73 Å². The fourth-order valence-electron chi connectivity index (χ4n) is 1.93. The van der Waals surface area contributed by atoms with Crippen LogP contribution in [0.4, 0.5) is 0 Å². The Hall–Kier alpha value is -1.55. The normalized spacial score (nSPS) is 12.8. The second kappa shape index (κ2) is 6.40. The molecule has 0 bridgehead atoms. The summed E-state index contributed by atoms with van der Waals surface area (Å²) in [5.41, 5.74) is 1.21. The molecular weight excluding hydrogens is 226 g/mol. The summed E-state index contributed by atoms with van der Waals surface area (Å²) < 4.78 is 7.29. The van der Waals surface area contributed by atoms with E-state index in [1.807, 2.05) is 23.0 Å². The second-order valence-corrected chi connectivity index (χ2v) is 4.75. The van der Waals surface area contributed by atoms with E-state index in [0.717, 1.165) is 31.7 Å². The Morgan fingerprint density at radius 3 is 3.06 bits per heavy atom. The van der Waals surface area contributed by atoms with Crippen molar-refractivity contribution in [1.82, 2.24) is 15.1 Å². The Morgan fingerprint density at radius 1 is 1.50 bits per heavy atom. The molecule has 1 atom stereocenters. The molecule has 1 N–H and O–H groups in total. The van der Waals surface area contributed by atoms with Gasteiger partial charge in [0.05, 0.1) is 19.0 Å². The molecule has 98 valence electrons. The minimum atomic E-state index is 0.492. The molecule has 0 spiro atoms. The first-order chi connectivity index (χ1) is 8.74. The van der Waals surface area contributed by atoms with Gasteiger partial charge >= 0.3 is 0 Å². The van der Waals surface area contributed by atoms with Gasteiger partial charge in [0.15, 0.2) is 0 Å². The zero-order valence-electron chi connectivity index (χ0n) is 11.1. The number of aromatic nitrogens is 2. The first-order valence-corrected chi connectivity index (χ1v) is 6.49. The van der Waals surface area contributed by atoms with Crippen LogP contribution in [0.15, 0.2) is 35.2 Å².